The highest BCUT2D eigenvalue weighted by Crippen LogP contribution is 2.13. The summed E-state index contributed by atoms with van der Waals surface area (Å²) >= 11 is 1.50. The van der Waals surface area contributed by atoms with Gasteiger partial charge in [0, 0.05) is 18.4 Å². The van der Waals surface area contributed by atoms with Crippen LogP contribution in [-0.4, -0.2) is 22.3 Å². The molecule has 0 aliphatic rings. The van der Waals surface area contributed by atoms with E-state index in [0.717, 1.165) is 18.7 Å². The second-order valence-corrected chi connectivity index (χ2v) is 3.30. The molecule has 0 aromatic carbocycles. The molecule has 0 saturated carbocycles. The number of rotatable bonds is 4. The zero-order chi connectivity index (χ0) is 8.81. The van der Waals surface area contributed by atoms with Gasteiger partial charge in [-0.05, 0) is 11.9 Å². The van der Waals surface area contributed by atoms with Gasteiger partial charge in [-0.1, -0.05) is 11.8 Å². The molecule has 0 unspecified atom stereocenters. The van der Waals surface area contributed by atoms with E-state index in [2.05, 4.69) is 15.7 Å². The standard InChI is InChI=1S/C7H11N3OS/c8-3-1-5-12-7-9-4-2-6(11)10-7/h2,4H,1,3,5,8H2,(H,9,10,11). The number of hydrogen-bond donors (Lipinski definition) is 1. The molecule has 1 aromatic heterocycles. The van der Waals surface area contributed by atoms with Crippen LogP contribution in [0.5, 0.6) is 5.88 Å². The Morgan fingerprint density at radius 3 is 3.08 bits per heavy atom. The van der Waals surface area contributed by atoms with Crippen LogP contribution in [0.15, 0.2) is 17.4 Å². The van der Waals surface area contributed by atoms with Crippen LogP contribution in [0.25, 0.3) is 0 Å². The molecule has 5 heteroatoms. The lowest BCUT2D eigenvalue weighted by molar-refractivity contribution is -0.367. The van der Waals surface area contributed by atoms with Crippen molar-refractivity contribution < 1.29 is 10.8 Å². The lowest BCUT2D eigenvalue weighted by Crippen LogP contribution is -2.50. The van der Waals surface area contributed by atoms with E-state index in [1.54, 1.807) is 0 Å². The predicted octanol–water partition coefficient (Wildman–Crippen LogP) is -0.726. The fraction of sp³-hybridized carbons (Fsp3) is 0.429. The van der Waals surface area contributed by atoms with Gasteiger partial charge in [-0.25, -0.2) is 9.97 Å². The molecule has 0 radical (unpaired) electrons. The summed E-state index contributed by atoms with van der Waals surface area (Å²) in [6, 6.07) is 1.35. The average Bonchev–Trinajstić information content (AvgIpc) is 2.05. The van der Waals surface area contributed by atoms with E-state index < -0.39 is 0 Å². The summed E-state index contributed by atoms with van der Waals surface area (Å²) in [7, 11) is 0. The number of hydrogen-bond acceptors (Lipinski definition) is 4. The highest BCUT2D eigenvalue weighted by Gasteiger charge is 1.94. The molecule has 12 heavy (non-hydrogen) atoms. The third-order valence-corrected chi connectivity index (χ3v) is 2.18. The molecule has 0 fully saturated rings. The Balaban J connectivity index is 2.41. The van der Waals surface area contributed by atoms with Gasteiger partial charge in [0.05, 0.1) is 6.54 Å². The molecule has 1 rings (SSSR count). The van der Waals surface area contributed by atoms with Crippen LogP contribution in [-0.2, 0) is 0 Å². The smallest absolute Gasteiger partial charge is 0.186 e. The van der Waals surface area contributed by atoms with Gasteiger partial charge in [0.25, 0.3) is 0 Å². The van der Waals surface area contributed by atoms with E-state index in [4.69, 9.17) is 0 Å². The minimum atomic E-state index is -0.220. The van der Waals surface area contributed by atoms with Gasteiger partial charge >= 0.3 is 0 Å². The number of aromatic nitrogens is 2. The average molecular weight is 185 g/mol. The summed E-state index contributed by atoms with van der Waals surface area (Å²) in [6.07, 6.45) is 2.51. The molecule has 0 amide bonds. The maximum absolute atomic E-state index is 10.7. The van der Waals surface area contributed by atoms with Crippen molar-refractivity contribution in [3.05, 3.63) is 12.3 Å². The predicted molar refractivity (Wildman–Crippen MR) is 44.6 cm³/mol. The first-order valence-corrected chi connectivity index (χ1v) is 4.73. The van der Waals surface area contributed by atoms with Crippen LogP contribution in [0.1, 0.15) is 6.42 Å². The molecule has 0 aliphatic carbocycles. The largest absolute Gasteiger partial charge is 0.859 e. The van der Waals surface area contributed by atoms with Crippen molar-refractivity contribution in [3.8, 4) is 5.88 Å². The summed E-state index contributed by atoms with van der Waals surface area (Å²) in [5, 5.41) is 11.3. The second kappa shape index (κ2) is 4.95. The first-order chi connectivity index (χ1) is 5.83. The van der Waals surface area contributed by atoms with Gasteiger partial charge < -0.3 is 10.8 Å². The van der Waals surface area contributed by atoms with Crippen molar-refractivity contribution in [2.75, 3.05) is 12.3 Å². The topological polar surface area (TPSA) is 76.5 Å². The molecular weight excluding hydrogens is 174 g/mol. The SMILES string of the molecule is [NH3+]CCCSc1nccc([O-])n1. The Kier molecular flexibility index (Phi) is 3.83. The summed E-state index contributed by atoms with van der Waals surface area (Å²) in [6.45, 7) is 0.907. The fourth-order valence-electron chi connectivity index (χ4n) is 0.660. The quantitative estimate of drug-likeness (QED) is 0.381. The lowest BCUT2D eigenvalue weighted by Gasteiger charge is -2.03. The Morgan fingerprint density at radius 1 is 1.58 bits per heavy atom. The molecule has 4 nitrogen and oxygen atoms in total. The Morgan fingerprint density at radius 2 is 2.42 bits per heavy atom. The summed E-state index contributed by atoms with van der Waals surface area (Å²) in [4.78, 5) is 7.66. The monoisotopic (exact) mass is 185 g/mol. The van der Waals surface area contributed by atoms with E-state index in [-0.39, 0.29) is 5.88 Å². The molecule has 0 saturated heterocycles. The molecule has 66 valence electrons. The number of nitrogens with zero attached hydrogens (tertiary/aromatic N) is 2. The Labute approximate surface area is 75.2 Å². The van der Waals surface area contributed by atoms with Crippen LogP contribution < -0.4 is 10.8 Å². The van der Waals surface area contributed by atoms with E-state index in [0.29, 0.717) is 5.16 Å². The van der Waals surface area contributed by atoms with Crippen molar-refractivity contribution in [1.82, 2.24) is 9.97 Å². The van der Waals surface area contributed by atoms with E-state index in [1.807, 2.05) is 0 Å². The van der Waals surface area contributed by atoms with Crippen molar-refractivity contribution in [1.29, 1.82) is 0 Å². The number of quaternary nitrogens is 1. The van der Waals surface area contributed by atoms with Gasteiger partial charge in [-0.2, -0.15) is 0 Å². The van der Waals surface area contributed by atoms with Crippen molar-refractivity contribution >= 4 is 11.8 Å². The maximum atomic E-state index is 10.7. The third kappa shape index (κ3) is 3.06. The summed E-state index contributed by atoms with van der Waals surface area (Å²) < 4.78 is 0. The fourth-order valence-corrected chi connectivity index (χ4v) is 1.48. The maximum Gasteiger partial charge on any atom is 0.186 e. The number of thioether (sulfide) groups is 1. The van der Waals surface area contributed by atoms with Crippen LogP contribution in [0.3, 0.4) is 0 Å². The van der Waals surface area contributed by atoms with Gasteiger partial charge in [-0.3, -0.25) is 0 Å². The first kappa shape index (κ1) is 9.28. The van der Waals surface area contributed by atoms with Gasteiger partial charge in [0.1, 0.15) is 0 Å². The first-order valence-electron chi connectivity index (χ1n) is 3.75. The molecule has 1 aromatic rings. The highest BCUT2D eigenvalue weighted by molar-refractivity contribution is 7.99. The zero-order valence-corrected chi connectivity index (χ0v) is 7.51. The minimum Gasteiger partial charge on any atom is -0.859 e. The Bertz CT molecular complexity index is 244. The van der Waals surface area contributed by atoms with Crippen LogP contribution >= 0.6 is 11.8 Å². The minimum absolute atomic E-state index is 0.220. The van der Waals surface area contributed by atoms with E-state index in [1.165, 1.54) is 24.0 Å². The van der Waals surface area contributed by atoms with Crippen molar-refractivity contribution in [2.24, 2.45) is 0 Å². The van der Waals surface area contributed by atoms with Gasteiger partial charge in [0.2, 0.25) is 0 Å². The normalized spacial score (nSPS) is 10.1. The molecular formula is C7H11N3OS. The molecule has 0 bridgehead atoms. The van der Waals surface area contributed by atoms with Gasteiger partial charge in [0.15, 0.2) is 5.16 Å². The van der Waals surface area contributed by atoms with E-state index >= 15 is 0 Å². The van der Waals surface area contributed by atoms with Crippen LogP contribution in [0.4, 0.5) is 0 Å². The highest BCUT2D eigenvalue weighted by atomic mass is 32.2. The third-order valence-electron chi connectivity index (χ3n) is 1.23. The molecule has 3 N–H and O–H groups in total. The summed E-state index contributed by atoms with van der Waals surface area (Å²) in [5.41, 5.74) is 3.72. The molecule has 1 heterocycles. The molecule has 0 spiro atoms. The Hall–Kier alpha value is -0.810. The van der Waals surface area contributed by atoms with Crippen LogP contribution in [0.2, 0.25) is 0 Å². The second-order valence-electron chi connectivity index (χ2n) is 2.23. The lowest BCUT2D eigenvalue weighted by atomic mass is 10.5. The zero-order valence-electron chi connectivity index (χ0n) is 6.69. The molecule has 0 aliphatic heterocycles. The van der Waals surface area contributed by atoms with Crippen molar-refractivity contribution in [2.45, 2.75) is 11.6 Å². The molecule has 0 atom stereocenters. The van der Waals surface area contributed by atoms with E-state index in [9.17, 15) is 5.11 Å². The summed E-state index contributed by atoms with van der Waals surface area (Å²) in [5.74, 6) is 0.703. The van der Waals surface area contributed by atoms with Crippen LogP contribution in [0, 0.1) is 0 Å². The van der Waals surface area contributed by atoms with Crippen molar-refractivity contribution in [3.63, 3.8) is 0 Å². The van der Waals surface area contributed by atoms with Gasteiger partial charge in [-0.15, -0.1) is 0 Å².